The Morgan fingerprint density at radius 2 is 1.73 bits per heavy atom. The Bertz CT molecular complexity index is 1280. The van der Waals surface area contributed by atoms with E-state index >= 15 is 0 Å². The number of hydrogen-bond donors (Lipinski definition) is 1. The van der Waals surface area contributed by atoms with Crippen LogP contribution in [0.15, 0.2) is 38.8 Å². The number of ether oxygens (including phenoxy) is 1. The summed E-state index contributed by atoms with van der Waals surface area (Å²) in [5.41, 5.74) is 4.76. The number of ketones is 1. The molecule has 0 aliphatic carbocycles. The zero-order valence-corrected chi connectivity index (χ0v) is 20.0. The molecule has 0 unspecified atom stereocenters. The molecule has 0 aliphatic heterocycles. The smallest absolute Gasteiger partial charge is 0.332 e. The number of carbonyl (C=O) groups is 2. The third-order valence-electron chi connectivity index (χ3n) is 4.86. The summed E-state index contributed by atoms with van der Waals surface area (Å²) in [4.78, 5) is 49.6. The van der Waals surface area contributed by atoms with Crippen LogP contribution in [0.25, 0.3) is 0 Å². The molecule has 0 amide bonds. The van der Waals surface area contributed by atoms with Gasteiger partial charge in [-0.15, -0.1) is 0 Å². The fourth-order valence-electron chi connectivity index (χ4n) is 3.01. The van der Waals surface area contributed by atoms with Crippen molar-refractivity contribution in [1.29, 1.82) is 0 Å². The normalized spacial score (nSPS) is 11.7. The molecular weight excluding hydrogens is 452 g/mol. The van der Waals surface area contributed by atoms with Crippen molar-refractivity contribution < 1.29 is 22.7 Å². The maximum atomic E-state index is 12.6. The summed E-state index contributed by atoms with van der Waals surface area (Å²) in [5, 5.41) is 0. The van der Waals surface area contributed by atoms with Gasteiger partial charge in [0.2, 0.25) is 15.8 Å². The molecule has 0 atom stereocenters. The molecule has 1 aromatic carbocycles. The quantitative estimate of drug-likeness (QED) is 0.393. The Balaban J connectivity index is 2.15. The Hall–Kier alpha value is -3.25. The van der Waals surface area contributed by atoms with Gasteiger partial charge in [0.15, 0.2) is 6.61 Å². The van der Waals surface area contributed by atoms with Crippen molar-refractivity contribution >= 4 is 27.6 Å². The molecule has 0 saturated carbocycles. The van der Waals surface area contributed by atoms with Crippen LogP contribution < -0.4 is 17.0 Å². The number of aryl methyl sites for hydroxylation is 1. The maximum absolute atomic E-state index is 12.6. The van der Waals surface area contributed by atoms with E-state index < -0.39 is 51.7 Å². The van der Waals surface area contributed by atoms with E-state index in [1.165, 1.54) is 26.2 Å². The molecule has 180 valence electrons. The van der Waals surface area contributed by atoms with Crippen LogP contribution >= 0.6 is 0 Å². The van der Waals surface area contributed by atoms with Crippen LogP contribution in [0.1, 0.15) is 29.8 Å². The Morgan fingerprint density at radius 3 is 2.27 bits per heavy atom. The minimum atomic E-state index is -3.95. The number of nitrogens with zero attached hydrogens (tertiary/aromatic N) is 3. The lowest BCUT2D eigenvalue weighted by Crippen LogP contribution is -2.43. The average Bonchev–Trinajstić information content (AvgIpc) is 2.74. The van der Waals surface area contributed by atoms with Crippen LogP contribution in [0, 0.1) is 12.8 Å². The van der Waals surface area contributed by atoms with Crippen LogP contribution in [-0.2, 0) is 33.1 Å². The van der Waals surface area contributed by atoms with Crippen molar-refractivity contribution in [1.82, 2.24) is 13.4 Å². The summed E-state index contributed by atoms with van der Waals surface area (Å²) in [6.45, 7) is 4.17. The van der Waals surface area contributed by atoms with E-state index in [9.17, 15) is 27.6 Å². The molecule has 2 rings (SSSR count). The summed E-state index contributed by atoms with van der Waals surface area (Å²) in [6.07, 6.45) is 0. The third-order valence-corrected chi connectivity index (χ3v) is 6.67. The number of Topliss-reactive ketones (excluding diaryl/α,β-unsaturated/α-hetero) is 1. The molecule has 12 heteroatoms. The van der Waals surface area contributed by atoms with Gasteiger partial charge in [0, 0.05) is 20.6 Å². The van der Waals surface area contributed by atoms with E-state index in [0.29, 0.717) is 0 Å². The summed E-state index contributed by atoms with van der Waals surface area (Å²) in [6, 6.07) is 6.09. The monoisotopic (exact) mass is 480 g/mol. The highest BCUT2D eigenvalue weighted by molar-refractivity contribution is 7.89. The van der Waals surface area contributed by atoms with Gasteiger partial charge in [-0.3, -0.25) is 23.5 Å². The number of nitrogen functional groups attached to an aromatic ring is 1. The minimum Gasteiger partial charge on any atom is -0.456 e. The van der Waals surface area contributed by atoms with Crippen LogP contribution in [0.4, 0.5) is 5.82 Å². The summed E-state index contributed by atoms with van der Waals surface area (Å²) in [5.74, 6) is -2.19. The van der Waals surface area contributed by atoms with Crippen LogP contribution in [0.2, 0.25) is 0 Å². The molecule has 0 fully saturated rings. The lowest BCUT2D eigenvalue weighted by Gasteiger charge is -2.17. The summed E-state index contributed by atoms with van der Waals surface area (Å²) >= 11 is 0. The number of likely N-dealkylation sites (N-methyl/N-ethyl adjacent to an activating group) is 1. The first-order chi connectivity index (χ1) is 15.3. The molecule has 1 heterocycles. The van der Waals surface area contributed by atoms with Crippen LogP contribution in [-0.4, -0.2) is 53.8 Å². The summed E-state index contributed by atoms with van der Waals surface area (Å²) < 4.78 is 32.7. The standard InChI is InChI=1S/C21H28N4O7S/c1-13(2)10-25-19(22)18(20(28)24(5)21(25)29)16(26)12-32-17(27)11-23(4)33(30,31)15-8-6-14(3)7-9-15/h6-9,13H,10-12,22H2,1-5H3. The van der Waals surface area contributed by atoms with E-state index in [2.05, 4.69) is 0 Å². The molecule has 0 saturated heterocycles. The van der Waals surface area contributed by atoms with Gasteiger partial charge in [0.25, 0.3) is 5.56 Å². The predicted octanol–water partition coefficient (Wildman–Crippen LogP) is 0.140. The largest absolute Gasteiger partial charge is 0.456 e. The predicted molar refractivity (Wildman–Crippen MR) is 121 cm³/mol. The van der Waals surface area contributed by atoms with E-state index in [0.717, 1.165) is 19.0 Å². The lowest BCUT2D eigenvalue weighted by molar-refractivity contribution is -0.142. The van der Waals surface area contributed by atoms with Gasteiger partial charge < -0.3 is 10.5 Å². The first kappa shape index (κ1) is 26.0. The molecular formula is C21H28N4O7S. The second-order valence-electron chi connectivity index (χ2n) is 8.07. The van der Waals surface area contributed by atoms with Gasteiger partial charge >= 0.3 is 11.7 Å². The van der Waals surface area contributed by atoms with Gasteiger partial charge in [-0.1, -0.05) is 31.5 Å². The van der Waals surface area contributed by atoms with Gasteiger partial charge in [0.1, 0.15) is 17.9 Å². The van der Waals surface area contributed by atoms with E-state index in [-0.39, 0.29) is 23.2 Å². The highest BCUT2D eigenvalue weighted by Gasteiger charge is 2.26. The number of benzene rings is 1. The van der Waals surface area contributed by atoms with E-state index in [1.54, 1.807) is 12.1 Å². The molecule has 0 radical (unpaired) electrons. The first-order valence-electron chi connectivity index (χ1n) is 10.1. The van der Waals surface area contributed by atoms with Crippen molar-refractivity contribution in [3.8, 4) is 0 Å². The third kappa shape index (κ3) is 5.76. The molecule has 1 aromatic heterocycles. The number of esters is 1. The molecule has 0 bridgehead atoms. The number of hydrogen-bond acceptors (Lipinski definition) is 8. The maximum Gasteiger partial charge on any atom is 0.332 e. The van der Waals surface area contributed by atoms with Gasteiger partial charge in [-0.05, 0) is 25.0 Å². The molecule has 0 spiro atoms. The molecule has 0 aliphatic rings. The minimum absolute atomic E-state index is 0.00292. The second-order valence-corrected chi connectivity index (χ2v) is 10.1. The lowest BCUT2D eigenvalue weighted by atomic mass is 10.1. The molecule has 33 heavy (non-hydrogen) atoms. The van der Waals surface area contributed by atoms with Crippen LogP contribution in [0.5, 0.6) is 0 Å². The zero-order chi connectivity index (χ0) is 25.1. The highest BCUT2D eigenvalue weighted by Crippen LogP contribution is 2.15. The number of carbonyl (C=O) groups excluding carboxylic acids is 2. The first-order valence-corrected chi connectivity index (χ1v) is 11.5. The van der Waals surface area contributed by atoms with Crippen molar-refractivity contribution in [2.75, 3.05) is 25.9 Å². The fourth-order valence-corrected chi connectivity index (χ4v) is 4.12. The Kier molecular flexibility index (Phi) is 7.98. The number of sulfonamides is 1. The van der Waals surface area contributed by atoms with Gasteiger partial charge in [-0.2, -0.15) is 4.31 Å². The van der Waals surface area contributed by atoms with E-state index in [1.807, 2.05) is 20.8 Å². The topological polar surface area (TPSA) is 151 Å². The molecule has 2 N–H and O–H groups in total. The number of nitrogens with two attached hydrogens (primary N) is 1. The van der Waals surface area contributed by atoms with Crippen molar-refractivity contribution in [2.24, 2.45) is 13.0 Å². The summed E-state index contributed by atoms with van der Waals surface area (Å²) in [7, 11) is -1.53. The van der Waals surface area contributed by atoms with Gasteiger partial charge in [0.05, 0.1) is 4.90 Å². The molecule has 2 aromatic rings. The number of rotatable bonds is 9. The number of aromatic nitrogens is 2. The highest BCUT2D eigenvalue weighted by atomic mass is 32.2. The van der Waals surface area contributed by atoms with Crippen molar-refractivity contribution in [3.05, 3.63) is 56.2 Å². The SMILES string of the molecule is Cc1ccc(S(=O)(=O)N(C)CC(=O)OCC(=O)c2c(N)n(CC(C)C)c(=O)n(C)c2=O)cc1. The zero-order valence-electron chi connectivity index (χ0n) is 19.2. The Labute approximate surface area is 191 Å². The van der Waals surface area contributed by atoms with E-state index in [4.69, 9.17) is 10.5 Å². The van der Waals surface area contributed by atoms with Crippen molar-refractivity contribution in [3.63, 3.8) is 0 Å². The van der Waals surface area contributed by atoms with Crippen LogP contribution in [0.3, 0.4) is 0 Å². The number of anilines is 1. The second kappa shape index (κ2) is 10.1. The van der Waals surface area contributed by atoms with Crippen molar-refractivity contribution in [2.45, 2.75) is 32.2 Å². The average molecular weight is 481 g/mol. The van der Waals surface area contributed by atoms with Gasteiger partial charge in [-0.25, -0.2) is 13.2 Å². The fraction of sp³-hybridized carbons (Fsp3) is 0.429. The molecule has 11 nitrogen and oxygen atoms in total. The Morgan fingerprint density at radius 1 is 1.15 bits per heavy atom.